The minimum Gasteiger partial charge on any atom is -0.496 e. The van der Waals surface area contributed by atoms with Gasteiger partial charge < -0.3 is 14.2 Å². The number of hydrogen-bond donors (Lipinski definition) is 0. The van der Waals surface area contributed by atoms with E-state index >= 15 is 0 Å². The van der Waals surface area contributed by atoms with Crippen molar-refractivity contribution < 1.29 is 14.2 Å². The zero-order chi connectivity index (χ0) is 13.0. The van der Waals surface area contributed by atoms with Crippen molar-refractivity contribution in [2.75, 3.05) is 14.2 Å². The van der Waals surface area contributed by atoms with E-state index in [2.05, 4.69) is 4.98 Å². The smallest absolute Gasteiger partial charge is 0.226 e. The maximum absolute atomic E-state index is 5.65. The highest BCUT2D eigenvalue weighted by atomic mass is 16.5. The Morgan fingerprint density at radius 3 is 2.11 bits per heavy atom. The summed E-state index contributed by atoms with van der Waals surface area (Å²) in [5, 5.41) is 0. The normalized spacial score (nSPS) is 9.94. The van der Waals surface area contributed by atoms with E-state index in [4.69, 9.17) is 14.2 Å². The number of rotatable bonds is 4. The van der Waals surface area contributed by atoms with Crippen LogP contribution < -0.4 is 14.2 Å². The van der Waals surface area contributed by atoms with E-state index in [1.807, 2.05) is 31.2 Å². The highest BCUT2D eigenvalue weighted by Gasteiger charge is 2.05. The third-order valence-electron chi connectivity index (χ3n) is 2.44. The summed E-state index contributed by atoms with van der Waals surface area (Å²) < 4.78 is 15.9. The Morgan fingerprint density at radius 1 is 0.833 bits per heavy atom. The summed E-state index contributed by atoms with van der Waals surface area (Å²) in [6.45, 7) is 2.02. The molecule has 0 bridgehead atoms. The van der Waals surface area contributed by atoms with Gasteiger partial charge >= 0.3 is 0 Å². The molecule has 94 valence electrons. The van der Waals surface area contributed by atoms with Crippen LogP contribution >= 0.6 is 0 Å². The van der Waals surface area contributed by atoms with E-state index in [0.717, 1.165) is 5.75 Å². The Labute approximate surface area is 106 Å². The Morgan fingerprint density at radius 2 is 1.50 bits per heavy atom. The van der Waals surface area contributed by atoms with Gasteiger partial charge in [-0.2, -0.15) is 4.98 Å². The Kier molecular flexibility index (Phi) is 3.67. The third-order valence-corrected chi connectivity index (χ3v) is 2.44. The van der Waals surface area contributed by atoms with Crippen molar-refractivity contribution in [1.82, 2.24) is 4.98 Å². The number of pyridine rings is 1. The quantitative estimate of drug-likeness (QED) is 0.829. The highest BCUT2D eigenvalue weighted by Crippen LogP contribution is 2.27. The van der Waals surface area contributed by atoms with Crippen molar-refractivity contribution in [2.45, 2.75) is 6.92 Å². The van der Waals surface area contributed by atoms with Gasteiger partial charge in [0.1, 0.15) is 11.5 Å². The topological polar surface area (TPSA) is 40.6 Å². The summed E-state index contributed by atoms with van der Waals surface area (Å²) in [6.07, 6.45) is 0. The van der Waals surface area contributed by atoms with Gasteiger partial charge in [-0.05, 0) is 19.1 Å². The molecule has 1 aromatic heterocycles. The van der Waals surface area contributed by atoms with Crippen molar-refractivity contribution in [3.05, 3.63) is 42.0 Å². The molecule has 0 N–H and O–H groups in total. The standard InChI is InChI=1S/C14H15NO3/c1-10-4-6-11(7-5-10)18-14-9-12(16-2)8-13(15-14)17-3/h4-9H,1-3H3. The van der Waals surface area contributed by atoms with Gasteiger partial charge in [0, 0.05) is 12.1 Å². The van der Waals surface area contributed by atoms with E-state index < -0.39 is 0 Å². The van der Waals surface area contributed by atoms with Crippen LogP contribution in [0.25, 0.3) is 0 Å². The molecule has 1 aromatic carbocycles. The van der Waals surface area contributed by atoms with Crippen LogP contribution in [0.15, 0.2) is 36.4 Å². The number of ether oxygens (including phenoxy) is 3. The molecule has 0 amide bonds. The second-order valence-corrected chi connectivity index (χ2v) is 3.80. The maximum Gasteiger partial charge on any atom is 0.226 e. The van der Waals surface area contributed by atoms with Crippen molar-refractivity contribution in [3.63, 3.8) is 0 Å². The largest absolute Gasteiger partial charge is 0.496 e. The van der Waals surface area contributed by atoms with Crippen LogP contribution in [0.1, 0.15) is 5.56 Å². The molecule has 1 heterocycles. The lowest BCUT2D eigenvalue weighted by molar-refractivity contribution is 0.367. The van der Waals surface area contributed by atoms with Crippen molar-refractivity contribution >= 4 is 0 Å². The lowest BCUT2D eigenvalue weighted by atomic mass is 10.2. The van der Waals surface area contributed by atoms with E-state index in [0.29, 0.717) is 17.5 Å². The molecule has 0 aliphatic carbocycles. The van der Waals surface area contributed by atoms with Gasteiger partial charge in [-0.1, -0.05) is 17.7 Å². The van der Waals surface area contributed by atoms with Crippen molar-refractivity contribution in [3.8, 4) is 23.3 Å². The predicted octanol–water partition coefficient (Wildman–Crippen LogP) is 3.20. The summed E-state index contributed by atoms with van der Waals surface area (Å²) in [6, 6.07) is 11.1. The average Bonchev–Trinajstić information content (AvgIpc) is 2.41. The Bertz CT molecular complexity index is 501. The lowest BCUT2D eigenvalue weighted by Gasteiger charge is -2.08. The SMILES string of the molecule is COc1cc(OC)nc(Oc2ccc(C)cc2)c1. The highest BCUT2D eigenvalue weighted by molar-refractivity contribution is 5.36. The van der Waals surface area contributed by atoms with Gasteiger partial charge in [-0.25, -0.2) is 0 Å². The van der Waals surface area contributed by atoms with E-state index in [1.54, 1.807) is 26.4 Å². The fourth-order valence-electron chi connectivity index (χ4n) is 1.46. The van der Waals surface area contributed by atoms with Gasteiger partial charge in [0.25, 0.3) is 0 Å². The summed E-state index contributed by atoms with van der Waals surface area (Å²) in [4.78, 5) is 4.19. The molecule has 0 atom stereocenters. The molecule has 4 nitrogen and oxygen atoms in total. The number of nitrogens with zero attached hydrogens (tertiary/aromatic N) is 1. The molecular formula is C14H15NO3. The molecule has 0 radical (unpaired) electrons. The van der Waals surface area contributed by atoms with Crippen molar-refractivity contribution in [2.24, 2.45) is 0 Å². The van der Waals surface area contributed by atoms with Crippen LogP contribution in [-0.2, 0) is 0 Å². The zero-order valence-corrected chi connectivity index (χ0v) is 10.6. The first kappa shape index (κ1) is 12.2. The molecule has 4 heteroatoms. The first-order valence-corrected chi connectivity index (χ1v) is 5.56. The monoisotopic (exact) mass is 245 g/mol. The first-order chi connectivity index (χ1) is 8.71. The van der Waals surface area contributed by atoms with Crippen molar-refractivity contribution in [1.29, 1.82) is 0 Å². The predicted molar refractivity (Wildman–Crippen MR) is 68.6 cm³/mol. The molecule has 2 aromatic rings. The molecule has 0 saturated heterocycles. The molecule has 0 fully saturated rings. The summed E-state index contributed by atoms with van der Waals surface area (Å²) >= 11 is 0. The van der Waals surface area contributed by atoms with Gasteiger partial charge in [-0.15, -0.1) is 0 Å². The molecule has 18 heavy (non-hydrogen) atoms. The molecule has 0 spiro atoms. The van der Waals surface area contributed by atoms with E-state index in [1.165, 1.54) is 5.56 Å². The average molecular weight is 245 g/mol. The maximum atomic E-state index is 5.65. The number of benzene rings is 1. The Balaban J connectivity index is 2.25. The van der Waals surface area contributed by atoms with Crippen LogP contribution in [0, 0.1) is 6.92 Å². The molecule has 0 aliphatic rings. The first-order valence-electron chi connectivity index (χ1n) is 5.56. The number of hydrogen-bond acceptors (Lipinski definition) is 4. The van der Waals surface area contributed by atoms with E-state index in [-0.39, 0.29) is 0 Å². The zero-order valence-electron chi connectivity index (χ0n) is 10.6. The fraction of sp³-hybridized carbons (Fsp3) is 0.214. The van der Waals surface area contributed by atoms with Crippen LogP contribution in [0.2, 0.25) is 0 Å². The molecule has 0 saturated carbocycles. The van der Waals surface area contributed by atoms with Gasteiger partial charge in [-0.3, -0.25) is 0 Å². The summed E-state index contributed by atoms with van der Waals surface area (Å²) in [5.41, 5.74) is 1.18. The second-order valence-electron chi connectivity index (χ2n) is 3.80. The summed E-state index contributed by atoms with van der Waals surface area (Å²) in [7, 11) is 3.14. The minimum atomic E-state index is 0.440. The van der Waals surface area contributed by atoms with Gasteiger partial charge in [0.05, 0.1) is 14.2 Å². The number of aromatic nitrogens is 1. The van der Waals surface area contributed by atoms with Gasteiger partial charge in [0.15, 0.2) is 0 Å². The minimum absolute atomic E-state index is 0.440. The van der Waals surface area contributed by atoms with Crippen LogP contribution in [0.3, 0.4) is 0 Å². The Hall–Kier alpha value is -2.23. The number of methoxy groups -OCH3 is 2. The summed E-state index contributed by atoms with van der Waals surface area (Å²) in [5.74, 6) is 2.26. The molecular weight excluding hydrogens is 230 g/mol. The van der Waals surface area contributed by atoms with Crippen LogP contribution in [0.5, 0.6) is 23.3 Å². The lowest BCUT2D eigenvalue weighted by Crippen LogP contribution is -1.94. The van der Waals surface area contributed by atoms with Crippen LogP contribution in [0.4, 0.5) is 0 Å². The molecule has 2 rings (SSSR count). The third kappa shape index (κ3) is 2.91. The fourth-order valence-corrected chi connectivity index (χ4v) is 1.46. The number of aryl methyl sites for hydroxylation is 1. The van der Waals surface area contributed by atoms with Gasteiger partial charge in [0.2, 0.25) is 11.8 Å². The van der Waals surface area contributed by atoms with Crippen LogP contribution in [-0.4, -0.2) is 19.2 Å². The molecule has 0 unspecified atom stereocenters. The second kappa shape index (κ2) is 5.40. The van der Waals surface area contributed by atoms with E-state index in [9.17, 15) is 0 Å². The molecule has 0 aliphatic heterocycles.